The summed E-state index contributed by atoms with van der Waals surface area (Å²) in [5, 5.41) is 3.27. The van der Waals surface area contributed by atoms with Gasteiger partial charge in [0.2, 0.25) is 12.7 Å². The predicted octanol–water partition coefficient (Wildman–Crippen LogP) is 3.43. The Bertz CT molecular complexity index is 821. The average Bonchev–Trinajstić information content (AvgIpc) is 3.05. The van der Waals surface area contributed by atoms with Crippen molar-refractivity contribution in [3.63, 3.8) is 0 Å². The number of carbonyl (C=O) groups is 2. The molecule has 130 valence electrons. The van der Waals surface area contributed by atoms with Gasteiger partial charge >= 0.3 is 0 Å². The molecule has 0 fully saturated rings. The standard InChI is InChI=1S/C17H14Cl2N2O4/c1-21(8-15(22)20-16-11(18)3-2-4-12(16)19)17(23)10-5-6-13-14(7-10)25-9-24-13/h2-7H,8-9H2,1H3,(H,20,22). The van der Waals surface area contributed by atoms with Crippen LogP contribution in [0.5, 0.6) is 11.5 Å². The SMILES string of the molecule is CN(CC(=O)Nc1c(Cl)cccc1Cl)C(=O)c1ccc2c(c1)OCO2. The number of fused-ring (bicyclic) bond motifs is 1. The Morgan fingerprint density at radius 3 is 2.52 bits per heavy atom. The van der Waals surface area contributed by atoms with E-state index in [4.69, 9.17) is 32.7 Å². The van der Waals surface area contributed by atoms with E-state index in [9.17, 15) is 9.59 Å². The van der Waals surface area contributed by atoms with E-state index in [2.05, 4.69) is 5.32 Å². The molecular formula is C17H14Cl2N2O4. The molecule has 25 heavy (non-hydrogen) atoms. The number of hydrogen-bond donors (Lipinski definition) is 1. The van der Waals surface area contributed by atoms with E-state index < -0.39 is 5.91 Å². The van der Waals surface area contributed by atoms with E-state index in [1.54, 1.807) is 36.4 Å². The van der Waals surface area contributed by atoms with E-state index in [1.165, 1.54) is 11.9 Å². The minimum absolute atomic E-state index is 0.129. The largest absolute Gasteiger partial charge is 0.454 e. The van der Waals surface area contributed by atoms with Gasteiger partial charge in [0.25, 0.3) is 5.91 Å². The first kappa shape index (κ1) is 17.4. The van der Waals surface area contributed by atoms with Crippen molar-refractivity contribution in [3.05, 3.63) is 52.0 Å². The molecule has 0 spiro atoms. The number of halogens is 2. The minimum Gasteiger partial charge on any atom is -0.454 e. The summed E-state index contributed by atoms with van der Waals surface area (Å²) < 4.78 is 10.5. The number of anilines is 1. The first-order valence-electron chi connectivity index (χ1n) is 7.34. The van der Waals surface area contributed by atoms with Crippen LogP contribution in [0.4, 0.5) is 5.69 Å². The summed E-state index contributed by atoms with van der Waals surface area (Å²) in [5.74, 6) is 0.363. The lowest BCUT2D eigenvalue weighted by atomic mass is 10.2. The Labute approximate surface area is 154 Å². The Balaban J connectivity index is 1.66. The Hall–Kier alpha value is -2.44. The summed E-state index contributed by atoms with van der Waals surface area (Å²) in [7, 11) is 1.53. The second kappa shape index (κ2) is 7.21. The molecule has 1 N–H and O–H groups in total. The zero-order chi connectivity index (χ0) is 18.0. The predicted molar refractivity (Wildman–Crippen MR) is 94.6 cm³/mol. The normalized spacial score (nSPS) is 12.0. The summed E-state index contributed by atoms with van der Waals surface area (Å²) in [4.78, 5) is 25.9. The van der Waals surface area contributed by atoms with Gasteiger partial charge in [0.15, 0.2) is 11.5 Å². The quantitative estimate of drug-likeness (QED) is 0.881. The molecule has 0 atom stereocenters. The number of amides is 2. The Morgan fingerprint density at radius 1 is 1.12 bits per heavy atom. The fourth-order valence-electron chi connectivity index (χ4n) is 2.33. The van der Waals surface area contributed by atoms with Crippen LogP contribution >= 0.6 is 23.2 Å². The van der Waals surface area contributed by atoms with Crippen molar-refractivity contribution in [1.29, 1.82) is 0 Å². The lowest BCUT2D eigenvalue weighted by Crippen LogP contribution is -2.35. The molecule has 8 heteroatoms. The molecule has 2 amide bonds. The summed E-state index contributed by atoms with van der Waals surface area (Å²) in [6.07, 6.45) is 0. The fourth-order valence-corrected chi connectivity index (χ4v) is 2.83. The van der Waals surface area contributed by atoms with Crippen LogP contribution < -0.4 is 14.8 Å². The number of likely N-dealkylation sites (N-methyl/N-ethyl adjacent to an activating group) is 1. The highest BCUT2D eigenvalue weighted by Gasteiger charge is 2.20. The summed E-state index contributed by atoms with van der Waals surface area (Å²) >= 11 is 12.0. The highest BCUT2D eigenvalue weighted by atomic mass is 35.5. The first-order valence-corrected chi connectivity index (χ1v) is 8.10. The van der Waals surface area contributed by atoms with Crippen LogP contribution in [0.1, 0.15) is 10.4 Å². The lowest BCUT2D eigenvalue weighted by molar-refractivity contribution is -0.116. The summed E-state index contributed by atoms with van der Waals surface area (Å²) in [5.41, 5.74) is 0.718. The monoisotopic (exact) mass is 380 g/mol. The van der Waals surface area contributed by atoms with Crippen molar-refractivity contribution in [2.24, 2.45) is 0 Å². The van der Waals surface area contributed by atoms with Gasteiger partial charge in [0.1, 0.15) is 0 Å². The van der Waals surface area contributed by atoms with Crippen LogP contribution in [0.15, 0.2) is 36.4 Å². The van der Waals surface area contributed by atoms with Gasteiger partial charge in [-0.05, 0) is 30.3 Å². The maximum Gasteiger partial charge on any atom is 0.254 e. The molecule has 1 heterocycles. The number of nitrogens with one attached hydrogen (secondary N) is 1. The number of hydrogen-bond acceptors (Lipinski definition) is 4. The fraction of sp³-hybridized carbons (Fsp3) is 0.176. The number of rotatable bonds is 4. The molecule has 1 aliphatic heterocycles. The number of benzene rings is 2. The molecule has 0 saturated heterocycles. The average molecular weight is 381 g/mol. The smallest absolute Gasteiger partial charge is 0.254 e. The van der Waals surface area contributed by atoms with Crippen molar-refractivity contribution in [1.82, 2.24) is 4.90 Å². The van der Waals surface area contributed by atoms with Crippen LogP contribution in [-0.2, 0) is 4.79 Å². The van der Waals surface area contributed by atoms with Crippen LogP contribution in [-0.4, -0.2) is 37.1 Å². The molecule has 0 aliphatic carbocycles. The molecule has 0 saturated carbocycles. The molecule has 2 aromatic carbocycles. The second-order valence-electron chi connectivity index (χ2n) is 5.37. The molecule has 0 radical (unpaired) electrons. The highest BCUT2D eigenvalue weighted by Crippen LogP contribution is 2.33. The molecule has 1 aliphatic rings. The van der Waals surface area contributed by atoms with E-state index in [-0.39, 0.29) is 19.2 Å². The third-order valence-electron chi connectivity index (χ3n) is 3.57. The second-order valence-corrected chi connectivity index (χ2v) is 6.19. The van der Waals surface area contributed by atoms with Crippen LogP contribution in [0.3, 0.4) is 0 Å². The maximum atomic E-state index is 12.5. The Morgan fingerprint density at radius 2 is 1.80 bits per heavy atom. The Kier molecular flexibility index (Phi) is 5.01. The van der Waals surface area contributed by atoms with Crippen molar-refractivity contribution in [3.8, 4) is 11.5 Å². The van der Waals surface area contributed by atoms with E-state index in [0.29, 0.717) is 32.8 Å². The van der Waals surface area contributed by atoms with Crippen molar-refractivity contribution < 1.29 is 19.1 Å². The van der Waals surface area contributed by atoms with E-state index >= 15 is 0 Å². The number of carbonyl (C=O) groups excluding carboxylic acids is 2. The van der Waals surface area contributed by atoms with E-state index in [0.717, 1.165) is 0 Å². The van der Waals surface area contributed by atoms with Crippen LogP contribution in [0.2, 0.25) is 10.0 Å². The molecule has 0 bridgehead atoms. The maximum absolute atomic E-state index is 12.5. The van der Waals surface area contributed by atoms with Crippen LogP contribution in [0, 0.1) is 0 Å². The van der Waals surface area contributed by atoms with Gasteiger partial charge in [0.05, 0.1) is 22.3 Å². The van der Waals surface area contributed by atoms with Gasteiger partial charge in [-0.15, -0.1) is 0 Å². The lowest BCUT2D eigenvalue weighted by Gasteiger charge is -2.17. The molecule has 0 unspecified atom stereocenters. The van der Waals surface area contributed by atoms with Crippen molar-refractivity contribution >= 4 is 40.7 Å². The molecule has 0 aromatic heterocycles. The number of nitrogens with zero attached hydrogens (tertiary/aromatic N) is 1. The highest BCUT2D eigenvalue weighted by molar-refractivity contribution is 6.39. The van der Waals surface area contributed by atoms with Gasteiger partial charge in [-0.2, -0.15) is 0 Å². The van der Waals surface area contributed by atoms with Gasteiger partial charge in [-0.1, -0.05) is 29.3 Å². The third kappa shape index (κ3) is 3.81. The minimum atomic E-state index is -0.411. The van der Waals surface area contributed by atoms with Crippen LogP contribution in [0.25, 0.3) is 0 Å². The van der Waals surface area contributed by atoms with Gasteiger partial charge in [0, 0.05) is 12.6 Å². The van der Waals surface area contributed by atoms with E-state index in [1.807, 2.05) is 0 Å². The number of para-hydroxylation sites is 1. The number of ether oxygens (including phenoxy) is 2. The summed E-state index contributed by atoms with van der Waals surface area (Å²) in [6, 6.07) is 9.77. The van der Waals surface area contributed by atoms with Gasteiger partial charge < -0.3 is 19.7 Å². The summed E-state index contributed by atoms with van der Waals surface area (Å²) in [6.45, 7) is -0.0291. The molecule has 2 aromatic rings. The molecular weight excluding hydrogens is 367 g/mol. The molecule has 6 nitrogen and oxygen atoms in total. The van der Waals surface area contributed by atoms with Crippen molar-refractivity contribution in [2.45, 2.75) is 0 Å². The van der Waals surface area contributed by atoms with Gasteiger partial charge in [-0.25, -0.2) is 0 Å². The third-order valence-corrected chi connectivity index (χ3v) is 4.20. The zero-order valence-electron chi connectivity index (χ0n) is 13.2. The zero-order valence-corrected chi connectivity index (χ0v) is 14.7. The molecule has 3 rings (SSSR count). The topological polar surface area (TPSA) is 67.9 Å². The van der Waals surface area contributed by atoms with Crippen molar-refractivity contribution in [2.75, 3.05) is 25.7 Å². The van der Waals surface area contributed by atoms with Gasteiger partial charge in [-0.3, -0.25) is 9.59 Å². The first-order chi connectivity index (χ1) is 12.0.